The minimum absolute atomic E-state index is 0.0197. The van der Waals surface area contributed by atoms with Crippen molar-refractivity contribution in [2.24, 2.45) is 0 Å². The molecule has 0 aliphatic heterocycles. The smallest absolute Gasteiger partial charge is 0.0146 e. The van der Waals surface area contributed by atoms with Crippen LogP contribution in [0.4, 0.5) is 0 Å². The molecule has 0 saturated carbocycles. The zero-order chi connectivity index (χ0) is 18.8. The summed E-state index contributed by atoms with van der Waals surface area (Å²) in [5.74, 6) is 1.23. The van der Waals surface area contributed by atoms with Crippen LogP contribution in [0.1, 0.15) is 99.6 Å². The van der Waals surface area contributed by atoms with E-state index >= 15 is 0 Å². The van der Waals surface area contributed by atoms with Gasteiger partial charge < -0.3 is 0 Å². The summed E-state index contributed by atoms with van der Waals surface area (Å²) in [6.45, 7) is 18.4. The maximum absolute atomic E-state index is 2.45. The lowest BCUT2D eigenvalue weighted by atomic mass is 9.75. The second-order valence-corrected chi connectivity index (χ2v) is 8.39. The number of rotatable bonds is 6. The average Bonchev–Trinajstić information content (AvgIpc) is 2.60. The molecule has 0 fully saturated rings. The van der Waals surface area contributed by atoms with Crippen molar-refractivity contribution >= 4 is 0 Å². The molecule has 136 valence electrons. The van der Waals surface area contributed by atoms with Gasteiger partial charge in [0.15, 0.2) is 0 Å². The Morgan fingerprint density at radius 2 is 1.08 bits per heavy atom. The quantitative estimate of drug-likeness (QED) is 0.508. The lowest BCUT2D eigenvalue weighted by Crippen LogP contribution is -2.20. The summed E-state index contributed by atoms with van der Waals surface area (Å²) in [5, 5.41) is 0. The lowest BCUT2D eigenvalue weighted by Gasteiger charge is -2.29. The molecule has 0 N–H and O–H groups in total. The van der Waals surface area contributed by atoms with E-state index in [1.807, 2.05) is 0 Å². The first kappa shape index (κ1) is 19.8. The molecular weight excluding hydrogens is 300 g/mol. The molecule has 2 aromatic carbocycles. The largest absolute Gasteiger partial charge is 0.0648 e. The lowest BCUT2D eigenvalue weighted by molar-refractivity contribution is 0.630. The van der Waals surface area contributed by atoms with Crippen LogP contribution in [0.3, 0.4) is 0 Å². The molecule has 0 aliphatic carbocycles. The Morgan fingerprint density at radius 1 is 0.720 bits per heavy atom. The van der Waals surface area contributed by atoms with Crippen molar-refractivity contribution < 1.29 is 0 Å². The number of aryl methyl sites for hydroxylation is 2. The summed E-state index contributed by atoms with van der Waals surface area (Å²) in [4.78, 5) is 0. The molecule has 25 heavy (non-hydrogen) atoms. The van der Waals surface area contributed by atoms with Gasteiger partial charge in [0, 0.05) is 5.41 Å². The maximum Gasteiger partial charge on any atom is 0.0146 e. The molecule has 0 heteroatoms. The third kappa shape index (κ3) is 4.00. The highest BCUT2D eigenvalue weighted by molar-refractivity contribution is 5.45. The van der Waals surface area contributed by atoms with Crippen LogP contribution in [-0.2, 0) is 5.41 Å². The van der Waals surface area contributed by atoms with Crippen LogP contribution >= 0.6 is 0 Å². The standard InChI is InChI=1S/C25H36/c1-9-17(3)23-15-21(13-11-19(23)5)25(7,8)22-14-12-20(6)24(16-22)18(4)10-2/h11-18H,9-10H2,1-8H3. The Balaban J connectivity index is 2.52. The van der Waals surface area contributed by atoms with Crippen LogP contribution in [0.5, 0.6) is 0 Å². The number of hydrogen-bond acceptors (Lipinski definition) is 0. The number of benzene rings is 2. The molecule has 0 aromatic heterocycles. The van der Waals surface area contributed by atoms with E-state index in [9.17, 15) is 0 Å². The Kier molecular flexibility index (Phi) is 6.14. The van der Waals surface area contributed by atoms with Gasteiger partial charge in [-0.2, -0.15) is 0 Å². The van der Waals surface area contributed by atoms with Crippen LogP contribution < -0.4 is 0 Å². The SMILES string of the molecule is CCC(C)c1cc(C(C)(C)c2ccc(C)c(C(C)CC)c2)ccc1C. The van der Waals surface area contributed by atoms with Gasteiger partial charge in [0.25, 0.3) is 0 Å². The summed E-state index contributed by atoms with van der Waals surface area (Å²) in [7, 11) is 0. The minimum atomic E-state index is 0.0197. The molecule has 0 nitrogen and oxygen atoms in total. The highest BCUT2D eigenvalue weighted by Gasteiger charge is 2.25. The van der Waals surface area contributed by atoms with Crippen molar-refractivity contribution in [1.29, 1.82) is 0 Å². The van der Waals surface area contributed by atoms with Crippen LogP contribution in [0.15, 0.2) is 36.4 Å². The first-order chi connectivity index (χ1) is 11.7. The summed E-state index contributed by atoms with van der Waals surface area (Å²) in [5.41, 5.74) is 8.70. The fourth-order valence-corrected chi connectivity index (χ4v) is 3.73. The summed E-state index contributed by atoms with van der Waals surface area (Å²) >= 11 is 0. The second kappa shape index (κ2) is 7.77. The van der Waals surface area contributed by atoms with E-state index in [-0.39, 0.29) is 5.41 Å². The van der Waals surface area contributed by atoms with Gasteiger partial charge in [-0.15, -0.1) is 0 Å². The average molecular weight is 337 g/mol. The highest BCUT2D eigenvalue weighted by atomic mass is 14.3. The van der Waals surface area contributed by atoms with E-state index in [2.05, 4.69) is 91.8 Å². The van der Waals surface area contributed by atoms with E-state index in [0.29, 0.717) is 11.8 Å². The molecule has 0 aliphatic rings. The molecule has 0 heterocycles. The monoisotopic (exact) mass is 336 g/mol. The zero-order valence-electron chi connectivity index (χ0n) is 17.5. The second-order valence-electron chi connectivity index (χ2n) is 8.39. The maximum atomic E-state index is 2.45. The molecule has 2 unspecified atom stereocenters. The molecule has 0 spiro atoms. The molecule has 2 rings (SSSR count). The number of hydrogen-bond donors (Lipinski definition) is 0. The van der Waals surface area contributed by atoms with Gasteiger partial charge in [-0.25, -0.2) is 0 Å². The third-order valence-corrected chi connectivity index (χ3v) is 6.29. The van der Waals surface area contributed by atoms with Crippen LogP contribution in [-0.4, -0.2) is 0 Å². The molecule has 0 radical (unpaired) electrons. The van der Waals surface area contributed by atoms with Gasteiger partial charge in [0.05, 0.1) is 0 Å². The molecule has 2 aromatic rings. The van der Waals surface area contributed by atoms with Crippen LogP contribution in [0.2, 0.25) is 0 Å². The Morgan fingerprint density at radius 3 is 1.40 bits per heavy atom. The first-order valence-electron chi connectivity index (χ1n) is 9.94. The summed E-state index contributed by atoms with van der Waals surface area (Å²) < 4.78 is 0. The molecule has 0 bridgehead atoms. The van der Waals surface area contributed by atoms with Crippen molar-refractivity contribution in [2.45, 2.75) is 85.5 Å². The molecule has 0 saturated heterocycles. The Labute approximate surface area is 155 Å². The normalized spacial score (nSPS) is 14.4. The molecule has 0 amide bonds. The molecule has 2 atom stereocenters. The van der Waals surface area contributed by atoms with E-state index < -0.39 is 0 Å². The summed E-state index contributed by atoms with van der Waals surface area (Å²) in [6, 6.07) is 14.2. The van der Waals surface area contributed by atoms with E-state index in [1.54, 1.807) is 0 Å². The van der Waals surface area contributed by atoms with E-state index in [4.69, 9.17) is 0 Å². The summed E-state index contributed by atoms with van der Waals surface area (Å²) in [6.07, 6.45) is 2.38. The van der Waals surface area contributed by atoms with Crippen molar-refractivity contribution in [3.8, 4) is 0 Å². The first-order valence-corrected chi connectivity index (χ1v) is 9.94. The highest BCUT2D eigenvalue weighted by Crippen LogP contribution is 2.36. The van der Waals surface area contributed by atoms with Gasteiger partial charge in [-0.3, -0.25) is 0 Å². The van der Waals surface area contributed by atoms with Crippen LogP contribution in [0.25, 0.3) is 0 Å². The van der Waals surface area contributed by atoms with Crippen molar-refractivity contribution in [3.05, 3.63) is 69.8 Å². The van der Waals surface area contributed by atoms with E-state index in [1.165, 1.54) is 46.2 Å². The van der Waals surface area contributed by atoms with Gasteiger partial charge in [0.2, 0.25) is 0 Å². The van der Waals surface area contributed by atoms with Crippen molar-refractivity contribution in [2.75, 3.05) is 0 Å². The van der Waals surface area contributed by atoms with Gasteiger partial charge in [-0.1, -0.05) is 77.9 Å². The van der Waals surface area contributed by atoms with Crippen LogP contribution in [0, 0.1) is 13.8 Å². The van der Waals surface area contributed by atoms with Crippen molar-refractivity contribution in [1.82, 2.24) is 0 Å². The minimum Gasteiger partial charge on any atom is -0.0648 e. The fraction of sp³-hybridized carbons (Fsp3) is 0.520. The predicted molar refractivity (Wildman–Crippen MR) is 112 cm³/mol. The molecular formula is C25H36. The Hall–Kier alpha value is -1.56. The van der Waals surface area contributed by atoms with E-state index in [0.717, 1.165) is 0 Å². The van der Waals surface area contributed by atoms with Crippen molar-refractivity contribution in [3.63, 3.8) is 0 Å². The van der Waals surface area contributed by atoms with Gasteiger partial charge >= 0.3 is 0 Å². The third-order valence-electron chi connectivity index (χ3n) is 6.29. The van der Waals surface area contributed by atoms with Gasteiger partial charge in [0.1, 0.15) is 0 Å². The Bertz CT molecular complexity index is 659. The fourth-order valence-electron chi connectivity index (χ4n) is 3.73. The predicted octanol–water partition coefficient (Wildman–Crippen LogP) is 7.66. The topological polar surface area (TPSA) is 0 Å². The zero-order valence-corrected chi connectivity index (χ0v) is 17.5. The van der Waals surface area contributed by atoms with Gasteiger partial charge in [-0.05, 0) is 71.9 Å².